The van der Waals surface area contributed by atoms with Gasteiger partial charge in [0, 0.05) is 25.7 Å². The Morgan fingerprint density at radius 3 is 2.58 bits per heavy atom. The van der Waals surface area contributed by atoms with Crippen LogP contribution in [0.4, 0.5) is 36.1 Å². The zero-order chi connectivity index (χ0) is 27.4. The maximum absolute atomic E-state index is 13.4. The van der Waals surface area contributed by atoms with Gasteiger partial charge in [0.25, 0.3) is 6.43 Å². The fourth-order valence-electron chi connectivity index (χ4n) is 3.94. The van der Waals surface area contributed by atoms with Crippen molar-refractivity contribution in [3.63, 3.8) is 0 Å². The van der Waals surface area contributed by atoms with E-state index in [1.165, 1.54) is 13.1 Å². The highest BCUT2D eigenvalue weighted by Gasteiger charge is 2.43. The predicted octanol–water partition coefficient (Wildman–Crippen LogP) is 3.73. The summed E-state index contributed by atoms with van der Waals surface area (Å²) in [6.45, 7) is 0. The number of benzene rings is 1. The maximum Gasteiger partial charge on any atom is 0.295 e. The van der Waals surface area contributed by atoms with E-state index in [-0.39, 0.29) is 34.8 Å². The molecule has 4 aromatic rings. The third-order valence-electron chi connectivity index (χ3n) is 6.20. The number of aryl methyl sites for hydroxylation is 1. The number of sulfonamides is 1. The lowest BCUT2D eigenvalue weighted by atomic mass is 10.1. The number of anilines is 4. The quantitative estimate of drug-likeness (QED) is 0.305. The van der Waals surface area contributed by atoms with Gasteiger partial charge in [-0.2, -0.15) is 0 Å². The van der Waals surface area contributed by atoms with Gasteiger partial charge >= 0.3 is 0 Å². The van der Waals surface area contributed by atoms with Crippen LogP contribution < -0.4 is 14.9 Å². The van der Waals surface area contributed by atoms with E-state index >= 15 is 0 Å². The molecule has 1 amide bonds. The summed E-state index contributed by atoms with van der Waals surface area (Å²) in [4.78, 5) is 26.9. The first-order chi connectivity index (χ1) is 17.9. The van der Waals surface area contributed by atoms with E-state index in [4.69, 9.17) is 0 Å². The minimum atomic E-state index is -3.70. The van der Waals surface area contributed by atoms with Crippen LogP contribution in [0.25, 0.3) is 22.4 Å². The van der Waals surface area contributed by atoms with Gasteiger partial charge in [-0.05, 0) is 18.6 Å². The number of pyridine rings is 1. The van der Waals surface area contributed by atoms with Crippen LogP contribution in [0.15, 0.2) is 36.8 Å². The molecule has 3 N–H and O–H groups in total. The Kier molecular flexibility index (Phi) is 6.25. The molecule has 11 nitrogen and oxygen atoms in total. The number of aromatic amines is 1. The highest BCUT2D eigenvalue weighted by molar-refractivity contribution is 7.92. The molecule has 2 atom stereocenters. The van der Waals surface area contributed by atoms with Crippen LogP contribution >= 0.6 is 0 Å². The molecular weight excluding hydrogens is 525 g/mol. The van der Waals surface area contributed by atoms with E-state index < -0.39 is 40.3 Å². The van der Waals surface area contributed by atoms with Crippen molar-refractivity contribution in [3.05, 3.63) is 42.6 Å². The summed E-state index contributed by atoms with van der Waals surface area (Å²) in [5.41, 5.74) is 2.13. The molecule has 5 rings (SSSR count). The number of imidazole rings is 2. The van der Waals surface area contributed by atoms with Crippen molar-refractivity contribution in [2.75, 3.05) is 28.2 Å². The largest absolute Gasteiger partial charge is 0.352 e. The van der Waals surface area contributed by atoms with E-state index in [9.17, 15) is 26.4 Å². The topological polar surface area (TPSA) is 138 Å². The van der Waals surface area contributed by atoms with Gasteiger partial charge in [0.15, 0.2) is 11.5 Å². The number of rotatable bonds is 8. The molecule has 0 radical (unpaired) electrons. The number of fused-ring (bicyclic) bond motifs is 1. The molecule has 0 bridgehead atoms. The molecule has 0 aliphatic heterocycles. The summed E-state index contributed by atoms with van der Waals surface area (Å²) in [7, 11) is -0.530. The monoisotopic (exact) mass is 548 g/mol. The molecule has 1 aromatic carbocycles. The van der Waals surface area contributed by atoms with Gasteiger partial charge in [0.1, 0.15) is 17.5 Å². The molecule has 1 aliphatic rings. The fraction of sp³-hybridized carbons (Fsp3) is 0.304. The lowest BCUT2D eigenvalue weighted by Gasteiger charge is -2.22. The molecule has 1 saturated carbocycles. The molecule has 15 heteroatoms. The van der Waals surface area contributed by atoms with Crippen molar-refractivity contribution < 1.29 is 26.4 Å². The third kappa shape index (κ3) is 4.88. The van der Waals surface area contributed by atoms with Crippen LogP contribution in [-0.4, -0.2) is 58.3 Å². The lowest BCUT2D eigenvalue weighted by molar-refractivity contribution is -0.117. The fourth-order valence-corrected chi connectivity index (χ4v) is 4.45. The SMILES string of the molecule is CN(c1cc(-c2cncn2C)ccc1Nc1cc(NC(=O)C2C[C@@H]2F)nc2[nH]c(C(F)F)nc12)S(C)(=O)=O. The van der Waals surface area contributed by atoms with Crippen molar-refractivity contribution in [1.29, 1.82) is 0 Å². The van der Waals surface area contributed by atoms with Crippen molar-refractivity contribution >= 4 is 50.0 Å². The number of halogens is 3. The number of hydrogen-bond donors (Lipinski definition) is 3. The van der Waals surface area contributed by atoms with Crippen LogP contribution in [0.2, 0.25) is 0 Å². The summed E-state index contributed by atoms with van der Waals surface area (Å²) in [6.07, 6.45) is 0.231. The first-order valence-electron chi connectivity index (χ1n) is 11.4. The Morgan fingerprint density at radius 2 is 1.97 bits per heavy atom. The number of amides is 1. The molecule has 3 aromatic heterocycles. The predicted molar refractivity (Wildman–Crippen MR) is 136 cm³/mol. The molecular formula is C23H23F3N8O3S. The van der Waals surface area contributed by atoms with Gasteiger partial charge in [-0.1, -0.05) is 6.07 Å². The first kappa shape index (κ1) is 25.5. The highest BCUT2D eigenvalue weighted by atomic mass is 32.2. The molecule has 0 spiro atoms. The van der Waals surface area contributed by atoms with Crippen molar-refractivity contribution in [2.24, 2.45) is 13.0 Å². The Hall–Kier alpha value is -4.14. The summed E-state index contributed by atoms with van der Waals surface area (Å²) in [5.74, 6) is -2.03. The van der Waals surface area contributed by atoms with E-state index in [2.05, 4.69) is 30.6 Å². The summed E-state index contributed by atoms with van der Waals surface area (Å²) < 4.78 is 67.9. The zero-order valence-corrected chi connectivity index (χ0v) is 21.2. The van der Waals surface area contributed by atoms with Gasteiger partial charge in [0.2, 0.25) is 15.9 Å². The van der Waals surface area contributed by atoms with E-state index in [1.54, 1.807) is 42.3 Å². The normalized spacial score (nSPS) is 17.1. The molecule has 1 unspecified atom stereocenters. The van der Waals surface area contributed by atoms with E-state index in [0.29, 0.717) is 11.3 Å². The van der Waals surface area contributed by atoms with Crippen LogP contribution in [0.3, 0.4) is 0 Å². The second-order valence-electron chi connectivity index (χ2n) is 9.00. The van der Waals surface area contributed by atoms with Crippen molar-refractivity contribution in [1.82, 2.24) is 24.5 Å². The van der Waals surface area contributed by atoms with E-state index in [0.717, 1.165) is 16.3 Å². The number of nitrogens with zero attached hydrogens (tertiary/aromatic N) is 5. The lowest BCUT2D eigenvalue weighted by Crippen LogP contribution is -2.25. The Morgan fingerprint density at radius 1 is 1.24 bits per heavy atom. The minimum absolute atomic E-state index is 0.0157. The molecule has 200 valence electrons. The van der Waals surface area contributed by atoms with Gasteiger partial charge in [-0.3, -0.25) is 9.10 Å². The highest BCUT2D eigenvalue weighted by Crippen LogP contribution is 2.38. The number of nitrogens with one attached hydrogen (secondary N) is 3. The number of alkyl halides is 3. The number of carbonyl (C=O) groups excluding carboxylic acids is 1. The van der Waals surface area contributed by atoms with Gasteiger partial charge in [-0.25, -0.2) is 36.5 Å². The summed E-state index contributed by atoms with van der Waals surface area (Å²) in [5, 5.41) is 5.56. The van der Waals surface area contributed by atoms with Gasteiger partial charge < -0.3 is 20.2 Å². The maximum atomic E-state index is 13.4. The smallest absolute Gasteiger partial charge is 0.295 e. The van der Waals surface area contributed by atoms with Crippen LogP contribution in [-0.2, 0) is 21.9 Å². The number of aromatic nitrogens is 5. The average Bonchev–Trinajstić information content (AvgIpc) is 3.22. The zero-order valence-electron chi connectivity index (χ0n) is 20.4. The Labute approximate surface area is 215 Å². The van der Waals surface area contributed by atoms with Crippen molar-refractivity contribution in [3.8, 4) is 11.3 Å². The van der Waals surface area contributed by atoms with Gasteiger partial charge in [-0.15, -0.1) is 0 Å². The molecule has 1 fully saturated rings. The Bertz CT molecular complexity index is 1650. The second kappa shape index (κ2) is 9.31. The Balaban J connectivity index is 1.60. The number of carbonyl (C=O) groups is 1. The van der Waals surface area contributed by atoms with Crippen LogP contribution in [0.1, 0.15) is 18.7 Å². The molecule has 0 saturated heterocycles. The average molecular weight is 549 g/mol. The van der Waals surface area contributed by atoms with Crippen molar-refractivity contribution in [2.45, 2.75) is 19.0 Å². The van der Waals surface area contributed by atoms with E-state index in [1.807, 2.05) is 0 Å². The van der Waals surface area contributed by atoms with Crippen LogP contribution in [0, 0.1) is 5.92 Å². The van der Waals surface area contributed by atoms with Gasteiger partial charge in [0.05, 0.1) is 47.5 Å². The summed E-state index contributed by atoms with van der Waals surface area (Å²) >= 11 is 0. The minimum Gasteiger partial charge on any atom is -0.352 e. The molecule has 1 aliphatic carbocycles. The number of hydrogen-bond acceptors (Lipinski definition) is 7. The van der Waals surface area contributed by atoms with Crippen LogP contribution in [0.5, 0.6) is 0 Å². The molecule has 3 heterocycles. The summed E-state index contributed by atoms with van der Waals surface area (Å²) in [6, 6.07) is 6.38. The number of H-pyrrole nitrogens is 1. The first-order valence-corrected chi connectivity index (χ1v) is 13.2. The molecule has 38 heavy (non-hydrogen) atoms. The third-order valence-corrected chi connectivity index (χ3v) is 7.39. The second-order valence-corrected chi connectivity index (χ2v) is 11.0. The standard InChI is InChI=1S/C23H23F3N8O3S/c1-33-10-27-9-17(33)11-4-5-14(16(6-11)34(2)38(3,36)37)28-15-8-18(30-23(35)12-7-13(12)24)29-21-19(15)31-22(32-21)20(25)26/h4-6,8-10,12-13,20H,7H2,1-3H3,(H3,28,29,30,31,32,35)/t12?,13-/m0/s1.